The molecule has 2 aromatic carbocycles. The van der Waals surface area contributed by atoms with E-state index in [1.807, 2.05) is 19.1 Å². The van der Waals surface area contributed by atoms with Gasteiger partial charge in [0.05, 0.1) is 5.71 Å². The van der Waals surface area contributed by atoms with Gasteiger partial charge in [-0.05, 0) is 38.1 Å². The average molecular weight is 318 g/mol. The fourth-order valence-corrected chi connectivity index (χ4v) is 1.87. The maximum absolute atomic E-state index is 12.2. The molecule has 0 aliphatic carbocycles. The Morgan fingerprint density at radius 2 is 1.83 bits per heavy atom. The number of carbonyl (C=O) groups is 1. The number of alkyl halides is 2. The van der Waals surface area contributed by atoms with Gasteiger partial charge in [0, 0.05) is 11.1 Å². The molecular formula is C17H16F2N2O2. The van der Waals surface area contributed by atoms with Gasteiger partial charge in [-0.1, -0.05) is 29.8 Å². The second-order valence-corrected chi connectivity index (χ2v) is 4.91. The van der Waals surface area contributed by atoms with Crippen LogP contribution in [-0.2, 0) is 0 Å². The van der Waals surface area contributed by atoms with Crippen molar-refractivity contribution in [2.24, 2.45) is 5.10 Å². The van der Waals surface area contributed by atoms with Gasteiger partial charge in [-0.3, -0.25) is 4.79 Å². The molecule has 2 aromatic rings. The van der Waals surface area contributed by atoms with Crippen LogP contribution in [0.1, 0.15) is 28.4 Å². The maximum atomic E-state index is 12.2. The van der Waals surface area contributed by atoms with E-state index >= 15 is 0 Å². The molecule has 0 unspecified atom stereocenters. The van der Waals surface area contributed by atoms with Crippen molar-refractivity contribution in [3.63, 3.8) is 0 Å². The van der Waals surface area contributed by atoms with Crippen LogP contribution in [0.2, 0.25) is 0 Å². The van der Waals surface area contributed by atoms with Crippen molar-refractivity contribution in [1.29, 1.82) is 0 Å². The SMILES string of the molecule is C/C(=N/NC(=O)c1ccc(C)cc1)c1cccc(OC(F)F)c1. The third kappa shape index (κ3) is 4.88. The van der Waals surface area contributed by atoms with E-state index in [1.54, 1.807) is 31.2 Å². The van der Waals surface area contributed by atoms with Gasteiger partial charge < -0.3 is 4.74 Å². The van der Waals surface area contributed by atoms with Crippen LogP contribution in [0.25, 0.3) is 0 Å². The van der Waals surface area contributed by atoms with E-state index in [0.29, 0.717) is 16.8 Å². The summed E-state index contributed by atoms with van der Waals surface area (Å²) in [6, 6.07) is 13.2. The number of aryl methyl sites for hydroxylation is 1. The molecule has 0 saturated carbocycles. The summed E-state index contributed by atoms with van der Waals surface area (Å²) < 4.78 is 28.8. The molecule has 0 radical (unpaired) electrons. The lowest BCUT2D eigenvalue weighted by Crippen LogP contribution is -2.19. The Labute approximate surface area is 132 Å². The first-order valence-corrected chi connectivity index (χ1v) is 6.92. The Balaban J connectivity index is 2.07. The molecule has 6 heteroatoms. The van der Waals surface area contributed by atoms with E-state index in [9.17, 15) is 13.6 Å². The Kier molecular flexibility index (Phi) is 5.41. The van der Waals surface area contributed by atoms with Gasteiger partial charge >= 0.3 is 6.61 Å². The molecule has 4 nitrogen and oxygen atoms in total. The van der Waals surface area contributed by atoms with Crippen LogP contribution in [0.3, 0.4) is 0 Å². The summed E-state index contributed by atoms with van der Waals surface area (Å²) in [7, 11) is 0. The second-order valence-electron chi connectivity index (χ2n) is 4.91. The lowest BCUT2D eigenvalue weighted by atomic mass is 10.1. The van der Waals surface area contributed by atoms with E-state index in [-0.39, 0.29) is 11.7 Å². The van der Waals surface area contributed by atoms with Gasteiger partial charge in [0.15, 0.2) is 0 Å². The first-order valence-electron chi connectivity index (χ1n) is 6.92. The van der Waals surface area contributed by atoms with E-state index < -0.39 is 6.61 Å². The molecule has 0 saturated heterocycles. The molecule has 0 spiro atoms. The van der Waals surface area contributed by atoms with Crippen molar-refractivity contribution < 1.29 is 18.3 Å². The minimum atomic E-state index is -2.89. The average Bonchev–Trinajstić information content (AvgIpc) is 2.52. The molecule has 0 aliphatic heterocycles. The highest BCUT2D eigenvalue weighted by Gasteiger charge is 2.07. The van der Waals surface area contributed by atoms with Crippen LogP contribution >= 0.6 is 0 Å². The number of amides is 1. The highest BCUT2D eigenvalue weighted by Crippen LogP contribution is 2.16. The number of nitrogens with one attached hydrogen (secondary N) is 1. The number of rotatable bonds is 5. The predicted octanol–water partition coefficient (Wildman–Crippen LogP) is 3.75. The van der Waals surface area contributed by atoms with Crippen LogP contribution in [0.5, 0.6) is 5.75 Å². The number of hydrogen-bond donors (Lipinski definition) is 1. The van der Waals surface area contributed by atoms with E-state index in [0.717, 1.165) is 5.56 Å². The number of halogens is 2. The highest BCUT2D eigenvalue weighted by molar-refractivity contribution is 6.01. The smallest absolute Gasteiger partial charge is 0.387 e. The van der Waals surface area contributed by atoms with Crippen molar-refractivity contribution in [3.8, 4) is 5.75 Å². The number of benzene rings is 2. The van der Waals surface area contributed by atoms with Crippen molar-refractivity contribution in [2.75, 3.05) is 0 Å². The summed E-state index contributed by atoms with van der Waals surface area (Å²) in [6.45, 7) is 0.707. The third-order valence-electron chi connectivity index (χ3n) is 3.12. The molecule has 23 heavy (non-hydrogen) atoms. The van der Waals surface area contributed by atoms with Crippen LogP contribution in [0.15, 0.2) is 53.6 Å². The Morgan fingerprint density at radius 1 is 1.13 bits per heavy atom. The fraction of sp³-hybridized carbons (Fsp3) is 0.176. The summed E-state index contributed by atoms with van der Waals surface area (Å²) in [6.07, 6.45) is 0. The van der Waals surface area contributed by atoms with Gasteiger partial charge in [-0.2, -0.15) is 13.9 Å². The third-order valence-corrected chi connectivity index (χ3v) is 3.12. The van der Waals surface area contributed by atoms with Gasteiger partial charge in [-0.15, -0.1) is 0 Å². The molecule has 0 aromatic heterocycles. The zero-order valence-electron chi connectivity index (χ0n) is 12.7. The normalized spacial score (nSPS) is 11.4. The van der Waals surface area contributed by atoms with E-state index in [1.165, 1.54) is 12.1 Å². The molecule has 0 aliphatic rings. The zero-order chi connectivity index (χ0) is 16.8. The molecule has 0 fully saturated rings. The topological polar surface area (TPSA) is 50.7 Å². The molecular weight excluding hydrogens is 302 g/mol. The monoisotopic (exact) mass is 318 g/mol. The maximum Gasteiger partial charge on any atom is 0.387 e. The molecule has 0 atom stereocenters. The Morgan fingerprint density at radius 3 is 2.48 bits per heavy atom. The number of nitrogens with zero attached hydrogens (tertiary/aromatic N) is 1. The molecule has 1 N–H and O–H groups in total. The summed E-state index contributed by atoms with van der Waals surface area (Å²) in [5.74, 6) is -0.304. The fourth-order valence-electron chi connectivity index (χ4n) is 1.87. The molecule has 0 heterocycles. The molecule has 2 rings (SSSR count). The van der Waals surface area contributed by atoms with Crippen molar-refractivity contribution in [2.45, 2.75) is 20.5 Å². The van der Waals surface area contributed by atoms with Crippen LogP contribution < -0.4 is 10.2 Å². The highest BCUT2D eigenvalue weighted by atomic mass is 19.3. The minimum absolute atomic E-state index is 0.0388. The molecule has 120 valence electrons. The summed E-state index contributed by atoms with van der Waals surface area (Å²) in [4.78, 5) is 12.0. The number of hydrogen-bond acceptors (Lipinski definition) is 3. The molecule has 0 bridgehead atoms. The first-order chi connectivity index (χ1) is 11.0. The summed E-state index contributed by atoms with van der Waals surface area (Å²) in [5.41, 5.74) is 5.03. The zero-order valence-corrected chi connectivity index (χ0v) is 12.7. The van der Waals surface area contributed by atoms with Gasteiger partial charge in [-0.25, -0.2) is 5.43 Å². The van der Waals surface area contributed by atoms with Crippen molar-refractivity contribution >= 4 is 11.6 Å². The summed E-state index contributed by atoms with van der Waals surface area (Å²) in [5, 5.41) is 3.99. The first kappa shape index (κ1) is 16.6. The number of ether oxygens (including phenoxy) is 1. The molecule has 1 amide bonds. The minimum Gasteiger partial charge on any atom is -0.435 e. The lowest BCUT2D eigenvalue weighted by Gasteiger charge is -2.07. The van der Waals surface area contributed by atoms with Crippen LogP contribution in [-0.4, -0.2) is 18.2 Å². The summed E-state index contributed by atoms with van der Waals surface area (Å²) >= 11 is 0. The standard InChI is InChI=1S/C17H16F2N2O2/c1-11-6-8-13(9-7-11)16(22)21-20-12(2)14-4-3-5-15(10-14)23-17(18)19/h3-10,17H,1-2H3,(H,21,22)/b20-12-. The van der Waals surface area contributed by atoms with Crippen molar-refractivity contribution in [1.82, 2.24) is 5.43 Å². The van der Waals surface area contributed by atoms with Gasteiger partial charge in [0.2, 0.25) is 0 Å². The van der Waals surface area contributed by atoms with Gasteiger partial charge in [0.25, 0.3) is 5.91 Å². The Hall–Kier alpha value is -2.76. The van der Waals surface area contributed by atoms with Crippen molar-refractivity contribution in [3.05, 3.63) is 65.2 Å². The quantitative estimate of drug-likeness (QED) is 0.674. The largest absolute Gasteiger partial charge is 0.435 e. The van der Waals surface area contributed by atoms with E-state index in [4.69, 9.17) is 0 Å². The van der Waals surface area contributed by atoms with E-state index in [2.05, 4.69) is 15.3 Å². The number of hydrazone groups is 1. The van der Waals surface area contributed by atoms with Crippen LogP contribution in [0.4, 0.5) is 8.78 Å². The lowest BCUT2D eigenvalue weighted by molar-refractivity contribution is -0.0498. The predicted molar refractivity (Wildman–Crippen MR) is 83.9 cm³/mol. The Bertz CT molecular complexity index is 713. The van der Waals surface area contributed by atoms with Crippen LogP contribution in [0, 0.1) is 6.92 Å². The van der Waals surface area contributed by atoms with Gasteiger partial charge in [0.1, 0.15) is 5.75 Å². The number of carbonyl (C=O) groups excluding carboxylic acids is 1. The second kappa shape index (κ2) is 7.49.